The first kappa shape index (κ1) is 14.1. The Hall–Kier alpha value is -2.31. The second kappa shape index (κ2) is 5.77. The highest BCUT2D eigenvalue weighted by Gasteiger charge is 2.18. The average Bonchev–Trinajstić information content (AvgIpc) is 2.94. The van der Waals surface area contributed by atoms with Gasteiger partial charge in [0.1, 0.15) is 0 Å². The fourth-order valence-electron chi connectivity index (χ4n) is 2.08. The van der Waals surface area contributed by atoms with Gasteiger partial charge in [0.15, 0.2) is 5.69 Å². The molecule has 1 amide bonds. The summed E-state index contributed by atoms with van der Waals surface area (Å²) < 4.78 is 1.67. The van der Waals surface area contributed by atoms with Gasteiger partial charge in [-0.2, -0.15) is 10.2 Å². The van der Waals surface area contributed by atoms with E-state index in [-0.39, 0.29) is 11.6 Å². The second-order valence-corrected chi connectivity index (χ2v) is 4.69. The Morgan fingerprint density at radius 2 is 2.25 bits per heavy atom. The number of aromatic nitrogens is 4. The molecule has 0 radical (unpaired) electrons. The van der Waals surface area contributed by atoms with Gasteiger partial charge in [0.25, 0.3) is 5.91 Å². The number of nitrogen functional groups attached to an aromatic ring is 1. The van der Waals surface area contributed by atoms with Crippen LogP contribution in [0.2, 0.25) is 0 Å². The highest BCUT2D eigenvalue weighted by Crippen LogP contribution is 2.19. The van der Waals surface area contributed by atoms with Gasteiger partial charge in [-0.05, 0) is 12.8 Å². The highest BCUT2D eigenvalue weighted by molar-refractivity contribution is 6.06. The van der Waals surface area contributed by atoms with E-state index in [1.54, 1.807) is 10.9 Å². The van der Waals surface area contributed by atoms with Crippen LogP contribution >= 0.6 is 0 Å². The normalized spacial score (nSPS) is 10.8. The maximum absolute atomic E-state index is 12.2. The molecule has 0 spiro atoms. The molecule has 0 unspecified atom stereocenters. The average molecular weight is 276 g/mol. The first-order chi connectivity index (χ1) is 9.56. The quantitative estimate of drug-likeness (QED) is 0.770. The zero-order chi connectivity index (χ0) is 14.7. The number of rotatable bonds is 5. The predicted molar refractivity (Wildman–Crippen MR) is 77.5 cm³/mol. The zero-order valence-electron chi connectivity index (χ0n) is 12.0. The van der Waals surface area contributed by atoms with Gasteiger partial charge in [-0.1, -0.05) is 20.3 Å². The molecule has 2 rings (SSSR count). The van der Waals surface area contributed by atoms with E-state index in [9.17, 15) is 4.79 Å². The summed E-state index contributed by atoms with van der Waals surface area (Å²) in [4.78, 5) is 12.2. The molecule has 2 aromatic heterocycles. The van der Waals surface area contributed by atoms with E-state index in [0.717, 1.165) is 30.7 Å². The third-order valence-electron chi connectivity index (χ3n) is 3.09. The second-order valence-electron chi connectivity index (χ2n) is 4.69. The molecule has 0 aromatic carbocycles. The van der Waals surface area contributed by atoms with E-state index in [4.69, 9.17) is 5.73 Å². The SMILES string of the molecule is CCCc1[nH]nc(C(=O)Nc2cn(C)nc2CC)c1N. The molecule has 4 N–H and O–H groups in total. The number of amides is 1. The fraction of sp³-hybridized carbons (Fsp3) is 0.462. The molecule has 2 heterocycles. The molecule has 0 aliphatic rings. The van der Waals surface area contributed by atoms with Crippen LogP contribution in [0.4, 0.5) is 11.4 Å². The number of anilines is 2. The van der Waals surface area contributed by atoms with Crippen molar-refractivity contribution in [3.05, 3.63) is 23.3 Å². The van der Waals surface area contributed by atoms with Crippen LogP contribution in [0.25, 0.3) is 0 Å². The summed E-state index contributed by atoms with van der Waals surface area (Å²) in [5, 5.41) is 13.9. The summed E-state index contributed by atoms with van der Waals surface area (Å²) in [5.74, 6) is -0.316. The Balaban J connectivity index is 2.19. The van der Waals surface area contributed by atoms with Gasteiger partial charge in [0.05, 0.1) is 22.8 Å². The lowest BCUT2D eigenvalue weighted by Crippen LogP contribution is -2.15. The molecule has 0 aliphatic carbocycles. The number of hydrogen-bond donors (Lipinski definition) is 3. The Morgan fingerprint density at radius 1 is 1.50 bits per heavy atom. The minimum atomic E-state index is -0.316. The monoisotopic (exact) mass is 276 g/mol. The molecule has 0 atom stereocenters. The van der Waals surface area contributed by atoms with E-state index in [2.05, 4.69) is 20.6 Å². The van der Waals surface area contributed by atoms with E-state index < -0.39 is 0 Å². The van der Waals surface area contributed by atoms with Crippen molar-refractivity contribution < 1.29 is 4.79 Å². The van der Waals surface area contributed by atoms with Gasteiger partial charge in [0, 0.05) is 13.2 Å². The van der Waals surface area contributed by atoms with Gasteiger partial charge < -0.3 is 11.1 Å². The topological polar surface area (TPSA) is 102 Å². The maximum Gasteiger partial charge on any atom is 0.278 e. The number of carbonyl (C=O) groups excluding carboxylic acids is 1. The van der Waals surface area contributed by atoms with Crippen molar-refractivity contribution in [1.29, 1.82) is 0 Å². The van der Waals surface area contributed by atoms with Crippen LogP contribution in [-0.2, 0) is 19.9 Å². The van der Waals surface area contributed by atoms with E-state index >= 15 is 0 Å². The molecule has 0 saturated carbocycles. The van der Waals surface area contributed by atoms with E-state index in [1.165, 1.54) is 0 Å². The summed E-state index contributed by atoms with van der Waals surface area (Å²) in [5.41, 5.74) is 8.94. The van der Waals surface area contributed by atoms with Gasteiger partial charge in [0.2, 0.25) is 0 Å². The molecular formula is C13H20N6O. The minimum absolute atomic E-state index is 0.236. The number of H-pyrrole nitrogens is 1. The molecule has 7 heteroatoms. The number of nitrogens with two attached hydrogens (primary N) is 1. The number of aryl methyl sites for hydroxylation is 3. The Morgan fingerprint density at radius 3 is 2.90 bits per heavy atom. The fourth-order valence-corrected chi connectivity index (χ4v) is 2.08. The van der Waals surface area contributed by atoms with Gasteiger partial charge in [-0.3, -0.25) is 14.6 Å². The summed E-state index contributed by atoms with van der Waals surface area (Å²) >= 11 is 0. The van der Waals surface area contributed by atoms with Crippen molar-refractivity contribution in [2.75, 3.05) is 11.1 Å². The van der Waals surface area contributed by atoms with Crippen LogP contribution < -0.4 is 11.1 Å². The third-order valence-corrected chi connectivity index (χ3v) is 3.09. The van der Waals surface area contributed by atoms with Crippen LogP contribution in [0, 0.1) is 0 Å². The number of aromatic amines is 1. The van der Waals surface area contributed by atoms with Crippen LogP contribution in [-0.4, -0.2) is 25.9 Å². The van der Waals surface area contributed by atoms with Crippen molar-refractivity contribution in [2.45, 2.75) is 33.1 Å². The van der Waals surface area contributed by atoms with E-state index in [1.807, 2.05) is 20.9 Å². The van der Waals surface area contributed by atoms with Gasteiger partial charge >= 0.3 is 0 Å². The van der Waals surface area contributed by atoms with E-state index in [0.29, 0.717) is 11.4 Å². The molecule has 0 aliphatic heterocycles. The van der Waals surface area contributed by atoms with Crippen molar-refractivity contribution in [2.24, 2.45) is 7.05 Å². The molecule has 7 nitrogen and oxygen atoms in total. The first-order valence-corrected chi connectivity index (χ1v) is 6.73. The lowest BCUT2D eigenvalue weighted by atomic mass is 10.2. The Labute approximate surface area is 117 Å². The minimum Gasteiger partial charge on any atom is -0.395 e. The highest BCUT2D eigenvalue weighted by atomic mass is 16.2. The largest absolute Gasteiger partial charge is 0.395 e. The zero-order valence-corrected chi connectivity index (χ0v) is 12.0. The van der Waals surface area contributed by atoms with Crippen LogP contribution in [0.3, 0.4) is 0 Å². The standard InChI is InChI=1S/C13H20N6O/c1-4-6-9-11(14)12(17-16-9)13(20)15-10-7-19(3)18-8(10)5-2/h7H,4-6,14H2,1-3H3,(H,15,20)(H,16,17). The van der Waals surface area contributed by atoms with Crippen LogP contribution in [0.5, 0.6) is 0 Å². The number of carbonyl (C=O) groups is 1. The molecule has 2 aromatic rings. The van der Waals surface area contributed by atoms with Crippen molar-refractivity contribution in [3.63, 3.8) is 0 Å². The third kappa shape index (κ3) is 2.66. The molecule has 108 valence electrons. The van der Waals surface area contributed by atoms with Crippen molar-refractivity contribution in [1.82, 2.24) is 20.0 Å². The number of nitrogens with one attached hydrogen (secondary N) is 2. The lowest BCUT2D eigenvalue weighted by Gasteiger charge is -2.03. The van der Waals surface area contributed by atoms with Crippen molar-refractivity contribution in [3.8, 4) is 0 Å². The van der Waals surface area contributed by atoms with Crippen LogP contribution in [0.1, 0.15) is 42.1 Å². The Bertz CT molecular complexity index is 612. The lowest BCUT2D eigenvalue weighted by molar-refractivity contribution is 0.102. The number of hydrogen-bond acceptors (Lipinski definition) is 4. The van der Waals surface area contributed by atoms with Gasteiger partial charge in [-0.15, -0.1) is 0 Å². The summed E-state index contributed by atoms with van der Waals surface area (Å²) in [7, 11) is 1.82. The summed E-state index contributed by atoms with van der Waals surface area (Å²) in [6.45, 7) is 4.03. The van der Waals surface area contributed by atoms with Crippen LogP contribution in [0.15, 0.2) is 6.20 Å². The van der Waals surface area contributed by atoms with Crippen molar-refractivity contribution >= 4 is 17.3 Å². The molecule has 0 saturated heterocycles. The molecule has 20 heavy (non-hydrogen) atoms. The number of nitrogens with zero attached hydrogens (tertiary/aromatic N) is 3. The Kier molecular flexibility index (Phi) is 4.07. The summed E-state index contributed by atoms with van der Waals surface area (Å²) in [6, 6.07) is 0. The smallest absolute Gasteiger partial charge is 0.278 e. The molecular weight excluding hydrogens is 256 g/mol. The molecule has 0 fully saturated rings. The molecule has 0 bridgehead atoms. The summed E-state index contributed by atoms with van der Waals surface area (Å²) in [6.07, 6.45) is 4.23. The maximum atomic E-state index is 12.2. The van der Waals surface area contributed by atoms with Gasteiger partial charge in [-0.25, -0.2) is 0 Å². The first-order valence-electron chi connectivity index (χ1n) is 6.73. The predicted octanol–water partition coefficient (Wildman–Crippen LogP) is 1.49.